The Kier molecular flexibility index (Phi) is 3.38. The van der Waals surface area contributed by atoms with Crippen LogP contribution in [0.5, 0.6) is 5.75 Å². The van der Waals surface area contributed by atoms with Crippen LogP contribution in [0.4, 0.5) is 13.2 Å². The summed E-state index contributed by atoms with van der Waals surface area (Å²) in [5.74, 6) is -0.846. The van der Waals surface area contributed by atoms with Gasteiger partial charge in [-0.15, -0.1) is 0 Å². The van der Waals surface area contributed by atoms with Gasteiger partial charge in [0.25, 0.3) is 5.91 Å². The number of ether oxygens (including phenoxy) is 1. The van der Waals surface area contributed by atoms with E-state index in [4.69, 9.17) is 4.74 Å². The van der Waals surface area contributed by atoms with Gasteiger partial charge >= 0.3 is 6.18 Å². The van der Waals surface area contributed by atoms with E-state index in [1.807, 2.05) is 0 Å². The molecule has 0 N–H and O–H groups in total. The molecule has 0 spiro atoms. The van der Waals surface area contributed by atoms with E-state index in [1.165, 1.54) is 14.1 Å². The third kappa shape index (κ3) is 2.97. The molecule has 1 aliphatic rings. The first-order valence-corrected chi connectivity index (χ1v) is 5.74. The van der Waals surface area contributed by atoms with Gasteiger partial charge in [-0.25, -0.2) is 0 Å². The Morgan fingerprint density at radius 2 is 2.00 bits per heavy atom. The number of aromatic nitrogens is 1. The van der Waals surface area contributed by atoms with Crippen molar-refractivity contribution >= 4 is 5.91 Å². The molecule has 19 heavy (non-hydrogen) atoms. The summed E-state index contributed by atoms with van der Waals surface area (Å²) in [5, 5.41) is 0. The van der Waals surface area contributed by atoms with Gasteiger partial charge in [0.1, 0.15) is 0 Å². The van der Waals surface area contributed by atoms with Crippen LogP contribution in [0.1, 0.15) is 28.8 Å². The van der Waals surface area contributed by atoms with Crippen LogP contribution < -0.4 is 4.74 Å². The van der Waals surface area contributed by atoms with E-state index >= 15 is 0 Å². The zero-order valence-corrected chi connectivity index (χ0v) is 10.5. The smallest absolute Gasteiger partial charge is 0.418 e. The van der Waals surface area contributed by atoms with Crippen LogP contribution in [0.25, 0.3) is 0 Å². The second-order valence-electron chi connectivity index (χ2n) is 4.57. The van der Waals surface area contributed by atoms with E-state index in [1.54, 1.807) is 0 Å². The molecule has 0 bridgehead atoms. The number of nitrogens with zero attached hydrogens (tertiary/aromatic N) is 2. The fourth-order valence-corrected chi connectivity index (χ4v) is 1.56. The molecule has 0 radical (unpaired) electrons. The normalized spacial score (nSPS) is 15.2. The van der Waals surface area contributed by atoms with Crippen molar-refractivity contribution in [2.75, 3.05) is 14.1 Å². The van der Waals surface area contributed by atoms with E-state index in [2.05, 4.69) is 4.98 Å². The van der Waals surface area contributed by atoms with Crippen LogP contribution in [0.2, 0.25) is 0 Å². The topological polar surface area (TPSA) is 42.4 Å². The average Bonchev–Trinajstić information content (AvgIpc) is 3.10. The molecule has 1 heterocycles. The number of halogens is 3. The molecule has 7 heteroatoms. The van der Waals surface area contributed by atoms with Gasteiger partial charge in [-0.05, 0) is 12.8 Å². The summed E-state index contributed by atoms with van der Waals surface area (Å²) in [5.41, 5.74) is -1.54. The fraction of sp³-hybridized carbons (Fsp3) is 0.500. The van der Waals surface area contributed by atoms with Gasteiger partial charge in [0, 0.05) is 20.3 Å². The maximum Gasteiger partial charge on any atom is 0.418 e. The lowest BCUT2D eigenvalue weighted by Crippen LogP contribution is -2.26. The Labute approximate surface area is 108 Å². The summed E-state index contributed by atoms with van der Waals surface area (Å²) >= 11 is 0. The standard InChI is InChI=1S/C12H13F3N2O2/c1-17(2)11(18)10-8(12(13,14)15)5-16-6-9(10)19-7-3-4-7/h5-7H,3-4H2,1-2H3. The highest BCUT2D eigenvalue weighted by Gasteiger charge is 2.39. The number of hydrogen-bond acceptors (Lipinski definition) is 3. The average molecular weight is 274 g/mol. The summed E-state index contributed by atoms with van der Waals surface area (Å²) in [6, 6.07) is 0. The minimum atomic E-state index is -4.64. The number of carbonyl (C=O) groups excluding carboxylic acids is 1. The third-order valence-electron chi connectivity index (χ3n) is 2.65. The zero-order chi connectivity index (χ0) is 14.2. The molecule has 1 fully saturated rings. The Balaban J connectivity index is 2.50. The Bertz CT molecular complexity index is 496. The summed E-state index contributed by atoms with van der Waals surface area (Å²) in [7, 11) is 2.79. The summed E-state index contributed by atoms with van der Waals surface area (Å²) < 4.78 is 44.2. The van der Waals surface area contributed by atoms with Crippen molar-refractivity contribution in [2.45, 2.75) is 25.1 Å². The maximum absolute atomic E-state index is 12.9. The van der Waals surface area contributed by atoms with Crippen molar-refractivity contribution in [3.05, 3.63) is 23.5 Å². The lowest BCUT2D eigenvalue weighted by molar-refractivity contribution is -0.138. The summed E-state index contributed by atoms with van der Waals surface area (Å²) in [4.78, 5) is 16.6. The molecule has 1 aliphatic carbocycles. The number of alkyl halides is 3. The maximum atomic E-state index is 12.9. The summed E-state index contributed by atoms with van der Waals surface area (Å²) in [6.07, 6.45) is -1.38. The molecule has 1 amide bonds. The molecule has 0 atom stereocenters. The van der Waals surface area contributed by atoms with Gasteiger partial charge in [-0.3, -0.25) is 9.78 Å². The van der Waals surface area contributed by atoms with Crippen LogP contribution in [-0.4, -0.2) is 36.0 Å². The van der Waals surface area contributed by atoms with Crippen LogP contribution in [0.3, 0.4) is 0 Å². The molecular formula is C12H13F3N2O2. The van der Waals surface area contributed by atoms with Crippen LogP contribution >= 0.6 is 0 Å². The molecule has 0 saturated heterocycles. The van der Waals surface area contributed by atoms with E-state index < -0.39 is 23.2 Å². The van der Waals surface area contributed by atoms with Crippen LogP contribution in [-0.2, 0) is 6.18 Å². The second-order valence-corrected chi connectivity index (χ2v) is 4.57. The first-order chi connectivity index (χ1) is 8.80. The highest BCUT2D eigenvalue weighted by atomic mass is 19.4. The molecule has 0 unspecified atom stereocenters. The number of pyridine rings is 1. The largest absolute Gasteiger partial charge is 0.488 e. The van der Waals surface area contributed by atoms with Gasteiger partial charge in [0.15, 0.2) is 5.75 Å². The van der Waals surface area contributed by atoms with Gasteiger partial charge in [0.2, 0.25) is 0 Å². The monoisotopic (exact) mass is 274 g/mol. The molecule has 0 aromatic carbocycles. The number of amides is 1. The first-order valence-electron chi connectivity index (χ1n) is 5.74. The van der Waals surface area contributed by atoms with E-state index in [0.29, 0.717) is 6.20 Å². The third-order valence-corrected chi connectivity index (χ3v) is 2.65. The van der Waals surface area contributed by atoms with Crippen molar-refractivity contribution in [1.29, 1.82) is 0 Å². The Hall–Kier alpha value is -1.79. The summed E-state index contributed by atoms with van der Waals surface area (Å²) in [6.45, 7) is 0. The molecule has 1 saturated carbocycles. The predicted octanol–water partition coefficient (Wildman–Crippen LogP) is 2.34. The quantitative estimate of drug-likeness (QED) is 0.849. The Morgan fingerprint density at radius 3 is 2.47 bits per heavy atom. The molecule has 4 nitrogen and oxygen atoms in total. The van der Waals surface area contributed by atoms with E-state index in [-0.39, 0.29) is 11.9 Å². The van der Waals surface area contributed by atoms with Gasteiger partial charge in [-0.2, -0.15) is 13.2 Å². The predicted molar refractivity (Wildman–Crippen MR) is 60.9 cm³/mol. The molecule has 104 valence electrons. The molecule has 2 rings (SSSR count). The minimum absolute atomic E-state index is 0.101. The van der Waals surface area contributed by atoms with Gasteiger partial charge in [0.05, 0.1) is 23.4 Å². The minimum Gasteiger partial charge on any atom is -0.488 e. The van der Waals surface area contributed by atoms with Crippen molar-refractivity contribution in [3.63, 3.8) is 0 Å². The lowest BCUT2D eigenvalue weighted by Gasteiger charge is -2.18. The van der Waals surface area contributed by atoms with Crippen molar-refractivity contribution < 1.29 is 22.7 Å². The zero-order valence-electron chi connectivity index (χ0n) is 10.5. The molecule has 0 aliphatic heterocycles. The highest BCUT2D eigenvalue weighted by molar-refractivity contribution is 5.98. The molecular weight excluding hydrogens is 261 g/mol. The lowest BCUT2D eigenvalue weighted by atomic mass is 10.1. The molecule has 1 aromatic heterocycles. The van der Waals surface area contributed by atoms with Gasteiger partial charge in [-0.1, -0.05) is 0 Å². The van der Waals surface area contributed by atoms with Crippen LogP contribution in [0.15, 0.2) is 12.4 Å². The van der Waals surface area contributed by atoms with Gasteiger partial charge < -0.3 is 9.64 Å². The first kappa shape index (κ1) is 13.6. The van der Waals surface area contributed by atoms with E-state index in [0.717, 1.165) is 23.9 Å². The fourth-order valence-electron chi connectivity index (χ4n) is 1.56. The SMILES string of the molecule is CN(C)C(=O)c1c(OC2CC2)cncc1C(F)(F)F. The number of hydrogen-bond donors (Lipinski definition) is 0. The Morgan fingerprint density at radius 1 is 1.37 bits per heavy atom. The van der Waals surface area contributed by atoms with Crippen molar-refractivity contribution in [3.8, 4) is 5.75 Å². The highest BCUT2D eigenvalue weighted by Crippen LogP contribution is 2.37. The van der Waals surface area contributed by atoms with E-state index in [9.17, 15) is 18.0 Å². The molecule has 1 aromatic rings. The number of rotatable bonds is 3. The van der Waals surface area contributed by atoms with Crippen molar-refractivity contribution in [1.82, 2.24) is 9.88 Å². The van der Waals surface area contributed by atoms with Crippen molar-refractivity contribution in [2.24, 2.45) is 0 Å². The van der Waals surface area contributed by atoms with Crippen LogP contribution in [0, 0.1) is 0 Å². The number of carbonyl (C=O) groups is 1. The second kappa shape index (κ2) is 4.71.